The zero-order valence-corrected chi connectivity index (χ0v) is 11.8. The van der Waals surface area contributed by atoms with Crippen LogP contribution in [0.5, 0.6) is 0 Å². The number of sulfone groups is 1. The van der Waals surface area contributed by atoms with Crippen LogP contribution in [0.3, 0.4) is 0 Å². The molecule has 19 heavy (non-hydrogen) atoms. The van der Waals surface area contributed by atoms with Gasteiger partial charge < -0.3 is 9.42 Å². The molecule has 0 aliphatic carbocycles. The predicted octanol–water partition coefficient (Wildman–Crippen LogP) is 1.42. The third-order valence-electron chi connectivity index (χ3n) is 2.65. The van der Waals surface area contributed by atoms with Gasteiger partial charge in [-0.15, -0.1) is 0 Å². The quantitative estimate of drug-likeness (QED) is 0.843. The minimum Gasteiger partial charge on any atom is -0.367 e. The fourth-order valence-corrected chi connectivity index (χ4v) is 2.29. The van der Waals surface area contributed by atoms with Crippen molar-refractivity contribution in [2.75, 3.05) is 18.2 Å². The van der Waals surface area contributed by atoms with Gasteiger partial charge in [0.25, 0.3) is 0 Å². The molecule has 0 atom stereocenters. The fraction of sp³-hybridized carbons (Fsp3) is 0.333. The molecule has 0 aliphatic heterocycles. The van der Waals surface area contributed by atoms with Gasteiger partial charge in [0.05, 0.1) is 11.4 Å². The van der Waals surface area contributed by atoms with E-state index in [0.717, 1.165) is 5.69 Å². The van der Waals surface area contributed by atoms with E-state index < -0.39 is 9.84 Å². The second-order valence-corrected chi connectivity index (χ2v) is 6.37. The van der Waals surface area contributed by atoms with Gasteiger partial charge in [-0.25, -0.2) is 8.42 Å². The maximum atomic E-state index is 11.4. The van der Waals surface area contributed by atoms with Crippen molar-refractivity contribution >= 4 is 15.5 Å². The Bertz CT molecular complexity index is 662. The smallest absolute Gasteiger partial charge is 0.223 e. The Hall–Kier alpha value is -1.89. The lowest BCUT2D eigenvalue weighted by atomic mass is 10.3. The van der Waals surface area contributed by atoms with Crippen LogP contribution in [0.25, 0.3) is 0 Å². The zero-order valence-electron chi connectivity index (χ0n) is 11.0. The summed E-state index contributed by atoms with van der Waals surface area (Å²) in [6, 6.07) is 6.68. The molecule has 0 saturated heterocycles. The first-order valence-corrected chi connectivity index (χ1v) is 7.56. The number of rotatable bonds is 4. The molecule has 0 spiro atoms. The van der Waals surface area contributed by atoms with E-state index in [1.54, 1.807) is 31.2 Å². The predicted molar refractivity (Wildman–Crippen MR) is 70.7 cm³/mol. The van der Waals surface area contributed by atoms with Crippen LogP contribution < -0.4 is 4.90 Å². The van der Waals surface area contributed by atoms with Crippen molar-refractivity contribution in [1.82, 2.24) is 10.1 Å². The van der Waals surface area contributed by atoms with Crippen molar-refractivity contribution in [1.29, 1.82) is 0 Å². The summed E-state index contributed by atoms with van der Waals surface area (Å²) in [4.78, 5) is 6.34. The standard InChI is InChI=1S/C12H15N3O3S/c1-9-13-12(14-18-9)8-15(2)10-4-6-11(7-5-10)19(3,16)17/h4-7H,8H2,1-3H3. The molecule has 7 heteroatoms. The molecule has 1 aromatic heterocycles. The molecule has 0 saturated carbocycles. The van der Waals surface area contributed by atoms with Gasteiger partial charge in [0.2, 0.25) is 5.89 Å². The maximum Gasteiger partial charge on any atom is 0.223 e. The van der Waals surface area contributed by atoms with Crippen molar-refractivity contribution < 1.29 is 12.9 Å². The summed E-state index contributed by atoms with van der Waals surface area (Å²) in [5.74, 6) is 1.11. The van der Waals surface area contributed by atoms with Crippen LogP contribution in [0, 0.1) is 6.92 Å². The third-order valence-corrected chi connectivity index (χ3v) is 3.78. The minimum atomic E-state index is -3.16. The van der Waals surface area contributed by atoms with Gasteiger partial charge in [-0.2, -0.15) is 4.98 Å². The summed E-state index contributed by atoms with van der Waals surface area (Å²) in [7, 11) is -1.28. The van der Waals surface area contributed by atoms with Crippen LogP contribution in [-0.4, -0.2) is 31.9 Å². The Morgan fingerprint density at radius 1 is 1.26 bits per heavy atom. The number of anilines is 1. The van der Waals surface area contributed by atoms with Gasteiger partial charge in [-0.1, -0.05) is 5.16 Å². The van der Waals surface area contributed by atoms with Crippen molar-refractivity contribution in [2.24, 2.45) is 0 Å². The summed E-state index contributed by atoms with van der Waals surface area (Å²) < 4.78 is 27.6. The van der Waals surface area contributed by atoms with Crippen molar-refractivity contribution in [2.45, 2.75) is 18.4 Å². The highest BCUT2D eigenvalue weighted by atomic mass is 32.2. The molecule has 102 valence electrons. The molecule has 0 amide bonds. The number of aryl methyl sites for hydroxylation is 1. The van der Waals surface area contributed by atoms with Crippen molar-refractivity contribution in [3.8, 4) is 0 Å². The molecule has 1 aromatic carbocycles. The number of hydrogen-bond acceptors (Lipinski definition) is 6. The Balaban J connectivity index is 2.14. The van der Waals surface area contributed by atoms with E-state index in [1.165, 1.54) is 6.26 Å². The van der Waals surface area contributed by atoms with E-state index in [9.17, 15) is 8.42 Å². The molecule has 0 radical (unpaired) electrons. The number of nitrogens with zero attached hydrogens (tertiary/aromatic N) is 3. The average molecular weight is 281 g/mol. The van der Waals surface area contributed by atoms with E-state index in [2.05, 4.69) is 10.1 Å². The Morgan fingerprint density at radius 3 is 2.37 bits per heavy atom. The van der Waals surface area contributed by atoms with Crippen molar-refractivity contribution in [3.63, 3.8) is 0 Å². The van der Waals surface area contributed by atoms with Gasteiger partial charge in [-0.05, 0) is 24.3 Å². The lowest BCUT2D eigenvalue weighted by Gasteiger charge is -2.17. The number of aromatic nitrogens is 2. The van der Waals surface area contributed by atoms with Gasteiger partial charge >= 0.3 is 0 Å². The van der Waals surface area contributed by atoms with Crippen LogP contribution in [0.2, 0.25) is 0 Å². The lowest BCUT2D eigenvalue weighted by molar-refractivity contribution is 0.387. The summed E-state index contributed by atoms with van der Waals surface area (Å²) in [6.07, 6.45) is 1.19. The molecule has 0 fully saturated rings. The van der Waals surface area contributed by atoms with Crippen LogP contribution in [0.1, 0.15) is 11.7 Å². The summed E-state index contributed by atoms with van der Waals surface area (Å²) >= 11 is 0. The number of benzene rings is 1. The topological polar surface area (TPSA) is 76.3 Å². The average Bonchev–Trinajstić information content (AvgIpc) is 2.74. The zero-order chi connectivity index (χ0) is 14.0. The molecule has 0 N–H and O–H groups in total. The van der Waals surface area contributed by atoms with Gasteiger partial charge in [-0.3, -0.25) is 0 Å². The normalized spacial score (nSPS) is 11.5. The van der Waals surface area contributed by atoms with Crippen LogP contribution in [-0.2, 0) is 16.4 Å². The van der Waals surface area contributed by atoms with Gasteiger partial charge in [0, 0.05) is 25.9 Å². The molecule has 2 rings (SSSR count). The minimum absolute atomic E-state index is 0.306. The van der Waals surface area contributed by atoms with E-state index in [0.29, 0.717) is 23.2 Å². The summed E-state index contributed by atoms with van der Waals surface area (Å²) in [6.45, 7) is 2.23. The first-order chi connectivity index (χ1) is 8.86. The summed E-state index contributed by atoms with van der Waals surface area (Å²) in [5.41, 5.74) is 0.884. The highest BCUT2D eigenvalue weighted by Gasteiger charge is 2.10. The van der Waals surface area contributed by atoms with Crippen molar-refractivity contribution in [3.05, 3.63) is 36.0 Å². The highest BCUT2D eigenvalue weighted by molar-refractivity contribution is 7.90. The second-order valence-electron chi connectivity index (χ2n) is 4.35. The molecule has 1 heterocycles. The Morgan fingerprint density at radius 2 is 1.89 bits per heavy atom. The van der Waals surface area contributed by atoms with E-state index in [4.69, 9.17) is 4.52 Å². The molecular formula is C12H15N3O3S. The van der Waals surface area contributed by atoms with E-state index in [-0.39, 0.29) is 0 Å². The highest BCUT2D eigenvalue weighted by Crippen LogP contribution is 2.18. The van der Waals surface area contributed by atoms with Crippen LogP contribution in [0.4, 0.5) is 5.69 Å². The largest absolute Gasteiger partial charge is 0.367 e. The molecule has 0 aliphatic rings. The monoisotopic (exact) mass is 281 g/mol. The summed E-state index contributed by atoms with van der Waals surface area (Å²) in [5, 5.41) is 3.81. The Kier molecular flexibility index (Phi) is 3.57. The third kappa shape index (κ3) is 3.31. The molecule has 0 bridgehead atoms. The van der Waals surface area contributed by atoms with E-state index in [1.807, 2.05) is 11.9 Å². The maximum absolute atomic E-state index is 11.4. The molecule has 2 aromatic rings. The van der Waals surface area contributed by atoms with Crippen LogP contribution in [0.15, 0.2) is 33.7 Å². The first-order valence-electron chi connectivity index (χ1n) is 5.67. The van der Waals surface area contributed by atoms with Gasteiger partial charge in [0.1, 0.15) is 0 Å². The SMILES string of the molecule is Cc1nc(CN(C)c2ccc(S(C)(=O)=O)cc2)no1. The first kappa shape index (κ1) is 13.5. The number of hydrogen-bond donors (Lipinski definition) is 0. The second kappa shape index (κ2) is 5.00. The lowest BCUT2D eigenvalue weighted by Crippen LogP contribution is -2.17. The van der Waals surface area contributed by atoms with Crippen LogP contribution >= 0.6 is 0 Å². The fourth-order valence-electron chi connectivity index (χ4n) is 1.66. The molecule has 0 unspecified atom stereocenters. The van der Waals surface area contributed by atoms with E-state index >= 15 is 0 Å². The molecule has 6 nitrogen and oxygen atoms in total. The van der Waals surface area contributed by atoms with Gasteiger partial charge in [0.15, 0.2) is 15.7 Å². The Labute approximate surface area is 112 Å². The molecular weight excluding hydrogens is 266 g/mol.